The number of nitrogens with one attached hydrogen (secondary N) is 1. The van der Waals surface area contributed by atoms with Gasteiger partial charge in [0.25, 0.3) is 0 Å². The molecule has 16 heavy (non-hydrogen) atoms. The lowest BCUT2D eigenvalue weighted by atomic mass is 10.2. The number of furan rings is 1. The summed E-state index contributed by atoms with van der Waals surface area (Å²) in [7, 11) is 1.75. The molecule has 2 aromatic rings. The van der Waals surface area contributed by atoms with E-state index in [0.717, 1.165) is 11.5 Å². The maximum atomic E-state index is 5.51. The van der Waals surface area contributed by atoms with Crippen LogP contribution in [0.4, 0.5) is 0 Å². The van der Waals surface area contributed by atoms with Crippen LogP contribution in [0, 0.1) is 6.92 Å². The van der Waals surface area contributed by atoms with E-state index < -0.39 is 0 Å². The third kappa shape index (κ3) is 2.46. The second-order valence-electron chi connectivity index (χ2n) is 3.75. The Balaban J connectivity index is 1.91. The van der Waals surface area contributed by atoms with Crippen LogP contribution in [0.25, 0.3) is 0 Å². The monoisotopic (exact) mass is 221 g/mol. The normalized spacial score (nSPS) is 12.9. The minimum absolute atomic E-state index is 0.137. The Labute approximate surface area is 93.6 Å². The zero-order chi connectivity index (χ0) is 11.5. The van der Waals surface area contributed by atoms with Crippen LogP contribution >= 0.6 is 0 Å². The number of hydrogen-bond acceptors (Lipinski definition) is 5. The Bertz CT molecular complexity index is 461. The number of tetrazole rings is 1. The van der Waals surface area contributed by atoms with Gasteiger partial charge in [0.1, 0.15) is 11.5 Å². The minimum atomic E-state index is 0.137. The van der Waals surface area contributed by atoms with Gasteiger partial charge in [-0.05, 0) is 31.2 Å². The molecule has 0 aliphatic heterocycles. The zero-order valence-electron chi connectivity index (χ0n) is 9.64. The van der Waals surface area contributed by atoms with Crippen molar-refractivity contribution in [2.75, 3.05) is 0 Å². The van der Waals surface area contributed by atoms with E-state index in [4.69, 9.17) is 4.42 Å². The Morgan fingerprint density at radius 1 is 1.50 bits per heavy atom. The molecule has 2 rings (SSSR count). The van der Waals surface area contributed by atoms with Gasteiger partial charge in [-0.3, -0.25) is 0 Å². The van der Waals surface area contributed by atoms with Crippen LogP contribution in [-0.4, -0.2) is 20.2 Å². The van der Waals surface area contributed by atoms with Gasteiger partial charge in [0.15, 0.2) is 5.82 Å². The van der Waals surface area contributed by atoms with E-state index in [1.807, 2.05) is 26.0 Å². The highest BCUT2D eigenvalue weighted by atomic mass is 16.3. The first-order chi connectivity index (χ1) is 7.65. The molecule has 2 aromatic heterocycles. The quantitative estimate of drug-likeness (QED) is 0.832. The number of aromatic nitrogens is 4. The standard InChI is InChI=1S/C10H15N5O/c1-7-4-5-9(16-7)8(2)11-6-10-12-14-15(3)13-10/h4-5,8,11H,6H2,1-3H3. The molecule has 0 spiro atoms. The maximum absolute atomic E-state index is 5.51. The van der Waals surface area contributed by atoms with Crippen molar-refractivity contribution in [2.45, 2.75) is 26.4 Å². The number of rotatable bonds is 4. The average molecular weight is 221 g/mol. The van der Waals surface area contributed by atoms with Crippen molar-refractivity contribution >= 4 is 0 Å². The molecule has 1 atom stereocenters. The second-order valence-corrected chi connectivity index (χ2v) is 3.75. The summed E-state index contributed by atoms with van der Waals surface area (Å²) >= 11 is 0. The SMILES string of the molecule is Cc1ccc(C(C)NCc2nnn(C)n2)o1. The first-order valence-corrected chi connectivity index (χ1v) is 5.18. The van der Waals surface area contributed by atoms with Crippen molar-refractivity contribution in [3.63, 3.8) is 0 Å². The van der Waals surface area contributed by atoms with Gasteiger partial charge in [0.2, 0.25) is 0 Å². The fourth-order valence-electron chi connectivity index (χ4n) is 1.43. The number of nitrogens with zero attached hydrogens (tertiary/aromatic N) is 4. The fourth-order valence-corrected chi connectivity index (χ4v) is 1.43. The van der Waals surface area contributed by atoms with Crippen molar-refractivity contribution in [3.8, 4) is 0 Å². The molecule has 1 unspecified atom stereocenters. The lowest BCUT2D eigenvalue weighted by Crippen LogP contribution is -2.18. The molecular formula is C10H15N5O. The number of aryl methyl sites for hydroxylation is 2. The van der Waals surface area contributed by atoms with Crippen molar-refractivity contribution < 1.29 is 4.42 Å². The van der Waals surface area contributed by atoms with Gasteiger partial charge in [-0.15, -0.1) is 10.2 Å². The summed E-state index contributed by atoms with van der Waals surface area (Å²) in [4.78, 5) is 1.44. The van der Waals surface area contributed by atoms with Crippen LogP contribution < -0.4 is 5.32 Å². The van der Waals surface area contributed by atoms with Gasteiger partial charge < -0.3 is 9.73 Å². The highest BCUT2D eigenvalue weighted by molar-refractivity contribution is 5.08. The van der Waals surface area contributed by atoms with E-state index in [0.29, 0.717) is 12.4 Å². The largest absolute Gasteiger partial charge is 0.465 e. The second kappa shape index (κ2) is 4.44. The van der Waals surface area contributed by atoms with Gasteiger partial charge in [-0.25, -0.2) is 0 Å². The summed E-state index contributed by atoms with van der Waals surface area (Å²) in [6.45, 7) is 4.55. The van der Waals surface area contributed by atoms with Crippen LogP contribution in [0.2, 0.25) is 0 Å². The molecule has 0 aliphatic rings. The summed E-state index contributed by atoms with van der Waals surface area (Å²) in [5.41, 5.74) is 0. The highest BCUT2D eigenvalue weighted by Gasteiger charge is 2.10. The fraction of sp³-hybridized carbons (Fsp3) is 0.500. The molecular weight excluding hydrogens is 206 g/mol. The van der Waals surface area contributed by atoms with Gasteiger partial charge in [0, 0.05) is 0 Å². The summed E-state index contributed by atoms with van der Waals surface area (Å²) in [5.74, 6) is 2.51. The molecule has 0 bridgehead atoms. The molecule has 0 saturated heterocycles. The Kier molecular flexibility index (Phi) is 3.00. The molecule has 6 heteroatoms. The summed E-state index contributed by atoms with van der Waals surface area (Å²) in [6.07, 6.45) is 0. The van der Waals surface area contributed by atoms with E-state index in [-0.39, 0.29) is 6.04 Å². The predicted molar refractivity (Wildman–Crippen MR) is 57.5 cm³/mol. The third-order valence-electron chi connectivity index (χ3n) is 2.30. The van der Waals surface area contributed by atoms with Gasteiger partial charge in [0.05, 0.1) is 19.6 Å². The third-order valence-corrected chi connectivity index (χ3v) is 2.30. The molecule has 86 valence electrons. The van der Waals surface area contributed by atoms with Crippen LogP contribution in [0.3, 0.4) is 0 Å². The molecule has 0 saturated carbocycles. The van der Waals surface area contributed by atoms with Crippen LogP contribution in [0.15, 0.2) is 16.5 Å². The van der Waals surface area contributed by atoms with E-state index in [9.17, 15) is 0 Å². The molecule has 0 radical (unpaired) electrons. The van der Waals surface area contributed by atoms with Gasteiger partial charge in [-0.1, -0.05) is 0 Å². The molecule has 2 heterocycles. The van der Waals surface area contributed by atoms with E-state index in [2.05, 4.69) is 20.7 Å². The smallest absolute Gasteiger partial charge is 0.188 e. The molecule has 0 amide bonds. The highest BCUT2D eigenvalue weighted by Crippen LogP contribution is 2.15. The Morgan fingerprint density at radius 2 is 2.31 bits per heavy atom. The van der Waals surface area contributed by atoms with Gasteiger partial charge >= 0.3 is 0 Å². The van der Waals surface area contributed by atoms with Crippen molar-refractivity contribution in [3.05, 3.63) is 29.5 Å². The summed E-state index contributed by atoms with van der Waals surface area (Å²) in [5, 5.41) is 15.0. The van der Waals surface area contributed by atoms with Crippen LogP contribution in [0.1, 0.15) is 30.3 Å². The first kappa shape index (κ1) is 10.8. The molecule has 1 N–H and O–H groups in total. The Hall–Kier alpha value is -1.69. The van der Waals surface area contributed by atoms with E-state index in [1.54, 1.807) is 7.05 Å². The first-order valence-electron chi connectivity index (χ1n) is 5.18. The van der Waals surface area contributed by atoms with Crippen LogP contribution in [-0.2, 0) is 13.6 Å². The van der Waals surface area contributed by atoms with Crippen LogP contribution in [0.5, 0.6) is 0 Å². The van der Waals surface area contributed by atoms with Gasteiger partial charge in [-0.2, -0.15) is 4.80 Å². The maximum Gasteiger partial charge on any atom is 0.188 e. The zero-order valence-corrected chi connectivity index (χ0v) is 9.64. The minimum Gasteiger partial charge on any atom is -0.465 e. The molecule has 6 nitrogen and oxygen atoms in total. The summed E-state index contributed by atoms with van der Waals surface area (Å²) < 4.78 is 5.51. The van der Waals surface area contributed by atoms with Crippen molar-refractivity contribution in [1.29, 1.82) is 0 Å². The Morgan fingerprint density at radius 3 is 2.88 bits per heavy atom. The lowest BCUT2D eigenvalue weighted by Gasteiger charge is -2.08. The number of hydrogen-bond donors (Lipinski definition) is 1. The average Bonchev–Trinajstić information content (AvgIpc) is 2.84. The molecule has 0 aliphatic carbocycles. The van der Waals surface area contributed by atoms with E-state index in [1.165, 1.54) is 4.80 Å². The van der Waals surface area contributed by atoms with Crippen molar-refractivity contribution in [1.82, 2.24) is 25.5 Å². The molecule has 0 fully saturated rings. The van der Waals surface area contributed by atoms with Crippen molar-refractivity contribution in [2.24, 2.45) is 7.05 Å². The lowest BCUT2D eigenvalue weighted by molar-refractivity contribution is 0.413. The molecule has 0 aromatic carbocycles. The van der Waals surface area contributed by atoms with E-state index >= 15 is 0 Å². The topological polar surface area (TPSA) is 68.8 Å². The predicted octanol–water partition coefficient (Wildman–Crippen LogP) is 0.962. The summed E-state index contributed by atoms with van der Waals surface area (Å²) in [6, 6.07) is 4.06.